The van der Waals surface area contributed by atoms with Crippen LogP contribution >= 0.6 is 22.6 Å². The van der Waals surface area contributed by atoms with Crippen molar-refractivity contribution in [1.82, 2.24) is 0 Å². The molecule has 0 aromatic heterocycles. The number of anilines is 1. The lowest BCUT2D eigenvalue weighted by molar-refractivity contribution is -0.118. The molecule has 4 heteroatoms. The topological polar surface area (TPSA) is 38.3 Å². The van der Waals surface area contributed by atoms with Gasteiger partial charge in [0.05, 0.1) is 0 Å². The Morgan fingerprint density at radius 1 is 1.19 bits per heavy atom. The van der Waals surface area contributed by atoms with Crippen molar-refractivity contribution < 1.29 is 9.53 Å². The van der Waals surface area contributed by atoms with E-state index >= 15 is 0 Å². The van der Waals surface area contributed by atoms with Crippen LogP contribution < -0.4 is 10.1 Å². The van der Waals surface area contributed by atoms with Gasteiger partial charge in [0.2, 0.25) is 0 Å². The number of hydrogen-bond acceptors (Lipinski definition) is 2. The number of rotatable bonds is 5. The summed E-state index contributed by atoms with van der Waals surface area (Å²) in [7, 11) is 0. The van der Waals surface area contributed by atoms with Gasteiger partial charge in [0.25, 0.3) is 5.91 Å². The van der Waals surface area contributed by atoms with Crippen LogP contribution in [-0.2, 0) is 4.79 Å². The van der Waals surface area contributed by atoms with E-state index in [4.69, 9.17) is 4.74 Å². The molecule has 1 amide bonds. The third-order valence-corrected chi connectivity index (χ3v) is 3.70. The minimum absolute atomic E-state index is 0.00645. The summed E-state index contributed by atoms with van der Waals surface area (Å²) in [5, 5.41) is 2.81. The van der Waals surface area contributed by atoms with Gasteiger partial charge < -0.3 is 10.1 Å². The highest BCUT2D eigenvalue weighted by molar-refractivity contribution is 14.1. The standard InChI is InChI=1S/C17H18INO2/c1-12(2)13-6-8-16(9-7-13)21-11-17(20)19-15-5-3-4-14(18)10-15/h3-10,12H,11H2,1-2H3,(H,19,20). The van der Waals surface area contributed by atoms with E-state index in [0.717, 1.165) is 9.26 Å². The Hall–Kier alpha value is -1.56. The van der Waals surface area contributed by atoms with E-state index in [0.29, 0.717) is 11.7 Å². The van der Waals surface area contributed by atoms with Crippen LogP contribution in [0.25, 0.3) is 0 Å². The Labute approximate surface area is 138 Å². The Kier molecular flexibility index (Phi) is 5.61. The first kappa shape index (κ1) is 15.8. The zero-order valence-electron chi connectivity index (χ0n) is 12.1. The zero-order chi connectivity index (χ0) is 15.2. The number of halogens is 1. The van der Waals surface area contributed by atoms with Crippen LogP contribution in [0.4, 0.5) is 5.69 Å². The summed E-state index contributed by atoms with van der Waals surface area (Å²) in [6.07, 6.45) is 0. The van der Waals surface area contributed by atoms with E-state index < -0.39 is 0 Å². The molecule has 0 atom stereocenters. The van der Waals surface area contributed by atoms with Crippen LogP contribution in [0.3, 0.4) is 0 Å². The first-order valence-corrected chi connectivity index (χ1v) is 7.90. The van der Waals surface area contributed by atoms with Crippen molar-refractivity contribution in [2.75, 3.05) is 11.9 Å². The van der Waals surface area contributed by atoms with Gasteiger partial charge in [-0.1, -0.05) is 32.0 Å². The summed E-state index contributed by atoms with van der Waals surface area (Å²) in [4.78, 5) is 11.8. The number of carbonyl (C=O) groups excluding carboxylic acids is 1. The fourth-order valence-corrected chi connectivity index (χ4v) is 2.40. The first-order valence-electron chi connectivity index (χ1n) is 6.83. The molecule has 3 nitrogen and oxygen atoms in total. The summed E-state index contributed by atoms with van der Waals surface area (Å²) in [5.41, 5.74) is 2.04. The SMILES string of the molecule is CC(C)c1ccc(OCC(=O)Nc2cccc(I)c2)cc1. The Balaban J connectivity index is 1.86. The molecule has 2 aromatic rings. The maximum Gasteiger partial charge on any atom is 0.262 e. The second kappa shape index (κ2) is 7.45. The van der Waals surface area contributed by atoms with E-state index in [-0.39, 0.29) is 12.5 Å². The van der Waals surface area contributed by atoms with Gasteiger partial charge >= 0.3 is 0 Å². The summed E-state index contributed by atoms with van der Waals surface area (Å²) in [5.74, 6) is 1.03. The van der Waals surface area contributed by atoms with Crippen LogP contribution in [-0.4, -0.2) is 12.5 Å². The third-order valence-electron chi connectivity index (χ3n) is 3.03. The number of benzene rings is 2. The lowest BCUT2D eigenvalue weighted by atomic mass is 10.0. The minimum Gasteiger partial charge on any atom is -0.484 e. The highest BCUT2D eigenvalue weighted by Crippen LogP contribution is 2.18. The molecule has 0 spiro atoms. The smallest absolute Gasteiger partial charge is 0.262 e. The van der Waals surface area contributed by atoms with E-state index in [1.165, 1.54) is 5.56 Å². The van der Waals surface area contributed by atoms with Crippen LogP contribution in [0, 0.1) is 3.57 Å². The number of amides is 1. The first-order chi connectivity index (χ1) is 10.0. The maximum absolute atomic E-state index is 11.8. The fraction of sp³-hybridized carbons (Fsp3) is 0.235. The van der Waals surface area contributed by atoms with E-state index in [9.17, 15) is 4.79 Å². The minimum atomic E-state index is -0.162. The molecule has 0 saturated carbocycles. The van der Waals surface area contributed by atoms with Gasteiger partial charge in [-0.25, -0.2) is 0 Å². The molecule has 0 bridgehead atoms. The van der Waals surface area contributed by atoms with Crippen molar-refractivity contribution in [3.8, 4) is 5.75 Å². The maximum atomic E-state index is 11.8. The molecule has 2 aromatic carbocycles. The molecule has 0 unspecified atom stereocenters. The second-order valence-electron chi connectivity index (χ2n) is 5.07. The van der Waals surface area contributed by atoms with Crippen molar-refractivity contribution in [1.29, 1.82) is 0 Å². The van der Waals surface area contributed by atoms with Crippen molar-refractivity contribution in [2.24, 2.45) is 0 Å². The molecular weight excluding hydrogens is 377 g/mol. The molecule has 0 heterocycles. The number of nitrogens with one attached hydrogen (secondary N) is 1. The summed E-state index contributed by atoms with van der Waals surface area (Å²) >= 11 is 2.21. The monoisotopic (exact) mass is 395 g/mol. The molecule has 1 N–H and O–H groups in total. The van der Waals surface area contributed by atoms with Crippen LogP contribution in [0.1, 0.15) is 25.3 Å². The number of carbonyl (C=O) groups is 1. The molecule has 0 aliphatic carbocycles. The Morgan fingerprint density at radius 2 is 1.90 bits per heavy atom. The lowest BCUT2D eigenvalue weighted by Crippen LogP contribution is -2.20. The van der Waals surface area contributed by atoms with E-state index in [2.05, 4.69) is 41.8 Å². The summed E-state index contributed by atoms with van der Waals surface area (Å²) in [6, 6.07) is 15.5. The third kappa shape index (κ3) is 5.04. The summed E-state index contributed by atoms with van der Waals surface area (Å²) in [6.45, 7) is 4.29. The van der Waals surface area contributed by atoms with Crippen molar-refractivity contribution in [3.05, 3.63) is 57.7 Å². The molecule has 0 fully saturated rings. The van der Waals surface area contributed by atoms with Gasteiger partial charge in [0.15, 0.2) is 6.61 Å². The molecule has 0 aliphatic heterocycles. The zero-order valence-corrected chi connectivity index (χ0v) is 14.3. The predicted octanol–water partition coefficient (Wildman–Crippen LogP) is 4.43. The van der Waals surface area contributed by atoms with Crippen molar-refractivity contribution in [3.63, 3.8) is 0 Å². The van der Waals surface area contributed by atoms with Gasteiger partial charge in [-0.15, -0.1) is 0 Å². The molecule has 0 aliphatic rings. The average Bonchev–Trinajstić information content (AvgIpc) is 2.45. The Morgan fingerprint density at radius 3 is 2.52 bits per heavy atom. The van der Waals surface area contributed by atoms with Gasteiger partial charge in [-0.2, -0.15) is 0 Å². The summed E-state index contributed by atoms with van der Waals surface area (Å²) < 4.78 is 6.57. The van der Waals surface area contributed by atoms with Crippen LogP contribution in [0.5, 0.6) is 5.75 Å². The Bertz CT molecular complexity index is 608. The van der Waals surface area contributed by atoms with E-state index in [1.54, 1.807) is 0 Å². The highest BCUT2D eigenvalue weighted by atomic mass is 127. The predicted molar refractivity (Wildman–Crippen MR) is 93.8 cm³/mol. The molecule has 0 radical (unpaired) electrons. The largest absolute Gasteiger partial charge is 0.484 e. The lowest BCUT2D eigenvalue weighted by Gasteiger charge is -2.09. The fourth-order valence-electron chi connectivity index (χ4n) is 1.86. The van der Waals surface area contributed by atoms with Gasteiger partial charge in [0.1, 0.15) is 5.75 Å². The van der Waals surface area contributed by atoms with Gasteiger partial charge in [0, 0.05) is 9.26 Å². The van der Waals surface area contributed by atoms with Crippen LogP contribution in [0.2, 0.25) is 0 Å². The molecule has 0 saturated heterocycles. The normalized spacial score (nSPS) is 10.5. The van der Waals surface area contributed by atoms with Gasteiger partial charge in [-0.3, -0.25) is 4.79 Å². The van der Waals surface area contributed by atoms with E-state index in [1.807, 2.05) is 48.5 Å². The van der Waals surface area contributed by atoms with Gasteiger partial charge in [-0.05, 0) is 64.4 Å². The quantitative estimate of drug-likeness (QED) is 0.761. The molecular formula is C17H18INO2. The molecule has 2 rings (SSSR count). The van der Waals surface area contributed by atoms with Crippen molar-refractivity contribution in [2.45, 2.75) is 19.8 Å². The second-order valence-corrected chi connectivity index (χ2v) is 6.32. The number of hydrogen-bond donors (Lipinski definition) is 1. The average molecular weight is 395 g/mol. The highest BCUT2D eigenvalue weighted by Gasteiger charge is 2.05. The number of ether oxygens (including phenoxy) is 1. The van der Waals surface area contributed by atoms with Crippen LogP contribution in [0.15, 0.2) is 48.5 Å². The van der Waals surface area contributed by atoms with Crippen molar-refractivity contribution >= 4 is 34.2 Å². The molecule has 21 heavy (non-hydrogen) atoms. The molecule has 110 valence electrons.